The fraction of sp³-hybridized carbons (Fsp3) is 0.320. The van der Waals surface area contributed by atoms with E-state index in [9.17, 15) is 9.18 Å². The molecule has 0 radical (unpaired) electrons. The molecule has 0 bridgehead atoms. The molecule has 2 aromatic carbocycles. The third-order valence-electron chi connectivity index (χ3n) is 6.05. The van der Waals surface area contributed by atoms with Crippen LogP contribution in [-0.2, 0) is 0 Å². The van der Waals surface area contributed by atoms with E-state index in [1.807, 2.05) is 24.3 Å². The molecular formula is C25H23FN4O2. The van der Waals surface area contributed by atoms with Crippen LogP contribution in [0.2, 0.25) is 0 Å². The molecule has 0 unspecified atom stereocenters. The molecule has 162 valence electrons. The van der Waals surface area contributed by atoms with Crippen molar-refractivity contribution in [3.05, 3.63) is 81.7 Å². The average Bonchev–Trinajstić information content (AvgIpc) is 3.52. The van der Waals surface area contributed by atoms with Gasteiger partial charge in [-0.2, -0.15) is 4.98 Å². The molecule has 1 saturated carbocycles. The van der Waals surface area contributed by atoms with Crippen LogP contribution in [0.25, 0.3) is 21.9 Å². The summed E-state index contributed by atoms with van der Waals surface area (Å²) in [5.41, 5.74) is 1.95. The fourth-order valence-electron chi connectivity index (χ4n) is 4.09. The van der Waals surface area contributed by atoms with E-state index in [0.29, 0.717) is 29.7 Å². The van der Waals surface area contributed by atoms with E-state index in [-0.39, 0.29) is 23.0 Å². The molecule has 32 heavy (non-hydrogen) atoms. The lowest BCUT2D eigenvalue weighted by atomic mass is 10.1. The molecule has 1 N–H and O–H groups in total. The van der Waals surface area contributed by atoms with Crippen molar-refractivity contribution in [2.75, 3.05) is 19.7 Å². The highest BCUT2D eigenvalue weighted by atomic mass is 19.1. The summed E-state index contributed by atoms with van der Waals surface area (Å²) in [6.45, 7) is 9.38. The first-order valence-corrected chi connectivity index (χ1v) is 10.9. The molecule has 2 heterocycles. The predicted molar refractivity (Wildman–Crippen MR) is 120 cm³/mol. The quantitative estimate of drug-likeness (QED) is 0.587. The van der Waals surface area contributed by atoms with Crippen LogP contribution in [-0.4, -0.2) is 29.2 Å². The molecule has 1 atom stereocenters. The summed E-state index contributed by atoms with van der Waals surface area (Å²) < 4.78 is 21.7. The molecule has 3 aromatic rings. The molecule has 1 aromatic heterocycles. The molecule has 5 rings (SSSR count). The maximum Gasteiger partial charge on any atom is 0.262 e. The monoisotopic (exact) mass is 430 g/mol. The molecular weight excluding hydrogens is 407 g/mol. The number of nitrogens with zero attached hydrogens (tertiary/aromatic N) is 3. The van der Waals surface area contributed by atoms with Crippen LogP contribution in [0.5, 0.6) is 5.88 Å². The smallest absolute Gasteiger partial charge is 0.262 e. The second kappa shape index (κ2) is 8.56. The number of ether oxygens (including phenoxy) is 1. The summed E-state index contributed by atoms with van der Waals surface area (Å²) >= 11 is 0. The Morgan fingerprint density at radius 3 is 2.62 bits per heavy atom. The van der Waals surface area contributed by atoms with E-state index < -0.39 is 5.82 Å². The third kappa shape index (κ3) is 4.14. The maximum absolute atomic E-state index is 14.4. The molecule has 6 nitrogen and oxygen atoms in total. The van der Waals surface area contributed by atoms with Gasteiger partial charge in [0, 0.05) is 18.0 Å². The summed E-state index contributed by atoms with van der Waals surface area (Å²) in [5.74, 6) is 0.831. The Hall–Kier alpha value is -3.50. The van der Waals surface area contributed by atoms with Gasteiger partial charge in [0.15, 0.2) is 5.82 Å². The lowest BCUT2D eigenvalue weighted by Crippen LogP contribution is -2.23. The Morgan fingerprint density at radius 2 is 1.97 bits per heavy atom. The van der Waals surface area contributed by atoms with Gasteiger partial charge >= 0.3 is 0 Å². The van der Waals surface area contributed by atoms with E-state index >= 15 is 0 Å². The Labute approximate surface area is 185 Å². The zero-order valence-electron chi connectivity index (χ0n) is 17.6. The molecule has 0 amide bonds. The van der Waals surface area contributed by atoms with Crippen molar-refractivity contribution in [3.8, 4) is 23.0 Å². The van der Waals surface area contributed by atoms with Gasteiger partial charge in [0.1, 0.15) is 5.82 Å². The molecule has 2 fully saturated rings. The number of halogens is 1. The van der Waals surface area contributed by atoms with Crippen molar-refractivity contribution >= 4 is 5.69 Å². The van der Waals surface area contributed by atoms with Gasteiger partial charge < -0.3 is 10.1 Å². The Balaban J connectivity index is 1.56. The number of rotatable bonds is 6. The molecule has 2 aliphatic rings. The number of nitrogens with one attached hydrogen (secondary N) is 1. The van der Waals surface area contributed by atoms with Crippen molar-refractivity contribution in [1.29, 1.82) is 0 Å². The molecule has 1 aliphatic carbocycles. The van der Waals surface area contributed by atoms with Gasteiger partial charge in [-0.15, -0.1) is 0 Å². The van der Waals surface area contributed by atoms with Crippen molar-refractivity contribution in [3.63, 3.8) is 0 Å². The summed E-state index contributed by atoms with van der Waals surface area (Å²) in [6, 6.07) is 13.5. The average molecular weight is 430 g/mol. The minimum Gasteiger partial charge on any atom is -0.477 e. The van der Waals surface area contributed by atoms with Crippen LogP contribution in [0.4, 0.5) is 10.1 Å². The SMILES string of the molecule is [C-]#[N+]c1ccc(-c2nc(OC[C@H]3CCNC3)cc(=O)n2-c2ccc(C3CC3)cc2)cc1F. The van der Waals surface area contributed by atoms with Gasteiger partial charge in [-0.05, 0) is 55.5 Å². The van der Waals surface area contributed by atoms with Gasteiger partial charge in [0.05, 0.1) is 24.9 Å². The van der Waals surface area contributed by atoms with Crippen LogP contribution in [0.1, 0.15) is 30.7 Å². The fourth-order valence-corrected chi connectivity index (χ4v) is 4.09. The Kier molecular flexibility index (Phi) is 5.46. The highest BCUT2D eigenvalue weighted by Gasteiger charge is 2.23. The van der Waals surface area contributed by atoms with Crippen molar-refractivity contribution in [2.24, 2.45) is 5.92 Å². The second-order valence-electron chi connectivity index (χ2n) is 8.41. The zero-order chi connectivity index (χ0) is 22.1. The van der Waals surface area contributed by atoms with Gasteiger partial charge in [-0.25, -0.2) is 9.24 Å². The lowest BCUT2D eigenvalue weighted by Gasteiger charge is -2.16. The summed E-state index contributed by atoms with van der Waals surface area (Å²) in [7, 11) is 0. The zero-order valence-corrected chi connectivity index (χ0v) is 17.6. The number of aromatic nitrogens is 2. The van der Waals surface area contributed by atoms with E-state index in [1.54, 1.807) is 6.07 Å². The van der Waals surface area contributed by atoms with Gasteiger partial charge in [-0.1, -0.05) is 24.3 Å². The summed E-state index contributed by atoms with van der Waals surface area (Å²) in [5, 5.41) is 3.29. The number of hydrogen-bond acceptors (Lipinski definition) is 4. The number of hydrogen-bond donors (Lipinski definition) is 1. The second-order valence-corrected chi connectivity index (χ2v) is 8.41. The third-order valence-corrected chi connectivity index (χ3v) is 6.05. The van der Waals surface area contributed by atoms with Crippen LogP contribution in [0.15, 0.2) is 53.3 Å². The predicted octanol–water partition coefficient (Wildman–Crippen LogP) is 4.46. The highest BCUT2D eigenvalue weighted by molar-refractivity contribution is 5.63. The van der Waals surface area contributed by atoms with Crippen molar-refractivity contribution in [1.82, 2.24) is 14.9 Å². The maximum atomic E-state index is 14.4. The number of benzene rings is 2. The van der Waals surface area contributed by atoms with E-state index in [1.165, 1.54) is 41.2 Å². The first-order chi connectivity index (χ1) is 15.6. The summed E-state index contributed by atoms with van der Waals surface area (Å²) in [6.07, 6.45) is 3.41. The first kappa shape index (κ1) is 20.4. The first-order valence-electron chi connectivity index (χ1n) is 10.9. The van der Waals surface area contributed by atoms with E-state index in [4.69, 9.17) is 11.3 Å². The minimum atomic E-state index is -0.647. The van der Waals surface area contributed by atoms with Crippen molar-refractivity contribution < 1.29 is 9.13 Å². The van der Waals surface area contributed by atoms with Crippen LogP contribution >= 0.6 is 0 Å². The molecule has 1 aliphatic heterocycles. The highest BCUT2D eigenvalue weighted by Crippen LogP contribution is 2.40. The van der Waals surface area contributed by atoms with Crippen LogP contribution < -0.4 is 15.6 Å². The normalized spacial score (nSPS) is 17.8. The minimum absolute atomic E-state index is 0.0717. The van der Waals surface area contributed by atoms with Gasteiger partial charge in [-0.3, -0.25) is 9.36 Å². The molecule has 0 spiro atoms. The molecule has 7 heteroatoms. The Bertz CT molecular complexity index is 1240. The van der Waals surface area contributed by atoms with Crippen LogP contribution in [0.3, 0.4) is 0 Å². The summed E-state index contributed by atoms with van der Waals surface area (Å²) in [4.78, 5) is 20.9. The topological polar surface area (TPSA) is 60.5 Å². The van der Waals surface area contributed by atoms with Crippen LogP contribution in [0, 0.1) is 18.3 Å². The largest absolute Gasteiger partial charge is 0.477 e. The van der Waals surface area contributed by atoms with Gasteiger partial charge in [0.25, 0.3) is 5.56 Å². The van der Waals surface area contributed by atoms with E-state index in [0.717, 1.165) is 19.5 Å². The van der Waals surface area contributed by atoms with E-state index in [2.05, 4.69) is 15.1 Å². The van der Waals surface area contributed by atoms with Crippen molar-refractivity contribution in [2.45, 2.75) is 25.2 Å². The lowest BCUT2D eigenvalue weighted by molar-refractivity contribution is 0.250. The standard InChI is InChI=1S/C25H23FN4O2/c1-27-22-9-6-19(12-21(22)26)25-29-23(32-15-16-10-11-28-14-16)13-24(31)30(25)20-7-4-18(5-8-20)17-2-3-17/h4-9,12-13,16-17,28H,2-3,10-11,14-15H2/t16-/m0/s1. The Morgan fingerprint density at radius 1 is 1.16 bits per heavy atom. The molecule has 1 saturated heterocycles. The van der Waals surface area contributed by atoms with Gasteiger partial charge in [0.2, 0.25) is 11.6 Å².